The highest BCUT2D eigenvalue weighted by Gasteiger charge is 2.18. The van der Waals surface area contributed by atoms with Crippen molar-refractivity contribution in [3.8, 4) is 0 Å². The number of anilines is 1. The lowest BCUT2D eigenvalue weighted by Gasteiger charge is -2.12. The van der Waals surface area contributed by atoms with E-state index in [-0.39, 0.29) is 0 Å². The maximum absolute atomic E-state index is 3.99. The Morgan fingerprint density at radius 2 is 2.29 bits per heavy atom. The highest BCUT2D eigenvalue weighted by Crippen LogP contribution is 2.15. The van der Waals surface area contributed by atoms with Crippen molar-refractivity contribution in [1.82, 2.24) is 9.88 Å². The standard InChI is InChI=1S/C11H17N3/c1-14-7-4-10(9-14)8-13-11-2-5-12-6-3-11/h2-3,5-6,10H,4,7-9H2,1H3,(H,12,13). The molecule has 1 saturated heterocycles. The van der Waals surface area contributed by atoms with Crippen molar-refractivity contribution in [2.75, 3.05) is 32.0 Å². The molecule has 1 N–H and O–H groups in total. The van der Waals surface area contributed by atoms with Gasteiger partial charge in [-0.05, 0) is 38.1 Å². The van der Waals surface area contributed by atoms with Crippen molar-refractivity contribution < 1.29 is 0 Å². The number of pyridine rings is 1. The lowest BCUT2D eigenvalue weighted by Crippen LogP contribution is -2.19. The predicted octanol–water partition coefficient (Wildman–Crippen LogP) is 1.45. The maximum atomic E-state index is 3.99. The van der Waals surface area contributed by atoms with E-state index in [2.05, 4.69) is 22.2 Å². The fourth-order valence-corrected chi connectivity index (χ4v) is 1.92. The van der Waals surface area contributed by atoms with E-state index in [0.717, 1.165) is 12.5 Å². The molecule has 0 radical (unpaired) electrons. The predicted molar refractivity (Wildman–Crippen MR) is 58.3 cm³/mol. The number of hydrogen-bond donors (Lipinski definition) is 1. The Hall–Kier alpha value is -1.09. The Morgan fingerprint density at radius 1 is 1.50 bits per heavy atom. The minimum absolute atomic E-state index is 0.799. The van der Waals surface area contributed by atoms with Gasteiger partial charge >= 0.3 is 0 Å². The van der Waals surface area contributed by atoms with Gasteiger partial charge in [0.15, 0.2) is 0 Å². The Balaban J connectivity index is 1.78. The molecule has 1 aromatic rings. The van der Waals surface area contributed by atoms with E-state index in [9.17, 15) is 0 Å². The molecule has 1 fully saturated rings. The van der Waals surface area contributed by atoms with Gasteiger partial charge in [0.1, 0.15) is 0 Å². The number of rotatable bonds is 3. The first kappa shape index (κ1) is 9.46. The maximum Gasteiger partial charge on any atom is 0.0371 e. The van der Waals surface area contributed by atoms with Crippen molar-refractivity contribution in [3.05, 3.63) is 24.5 Å². The molecule has 0 spiro atoms. The highest BCUT2D eigenvalue weighted by atomic mass is 15.1. The van der Waals surface area contributed by atoms with E-state index >= 15 is 0 Å². The molecule has 1 unspecified atom stereocenters. The first-order chi connectivity index (χ1) is 6.84. The summed E-state index contributed by atoms with van der Waals surface area (Å²) in [5.41, 5.74) is 1.18. The lowest BCUT2D eigenvalue weighted by atomic mass is 10.1. The van der Waals surface area contributed by atoms with Crippen molar-refractivity contribution in [3.63, 3.8) is 0 Å². The number of hydrogen-bond acceptors (Lipinski definition) is 3. The zero-order valence-corrected chi connectivity index (χ0v) is 8.61. The summed E-state index contributed by atoms with van der Waals surface area (Å²) in [6, 6.07) is 4.03. The average molecular weight is 191 g/mol. The van der Waals surface area contributed by atoms with Gasteiger partial charge in [-0.15, -0.1) is 0 Å². The largest absolute Gasteiger partial charge is 0.385 e. The smallest absolute Gasteiger partial charge is 0.0371 e. The topological polar surface area (TPSA) is 28.2 Å². The normalized spacial score (nSPS) is 22.5. The molecule has 1 aliphatic rings. The van der Waals surface area contributed by atoms with E-state index in [0.29, 0.717) is 0 Å². The molecular weight excluding hydrogens is 174 g/mol. The first-order valence-electron chi connectivity index (χ1n) is 5.17. The Morgan fingerprint density at radius 3 is 2.93 bits per heavy atom. The molecule has 1 atom stereocenters. The van der Waals surface area contributed by atoms with Crippen LogP contribution in [0.25, 0.3) is 0 Å². The molecule has 0 aliphatic carbocycles. The van der Waals surface area contributed by atoms with Crippen molar-refractivity contribution in [2.45, 2.75) is 6.42 Å². The molecule has 0 aromatic carbocycles. The molecule has 0 bridgehead atoms. The summed E-state index contributed by atoms with van der Waals surface area (Å²) in [4.78, 5) is 6.38. The van der Waals surface area contributed by atoms with Crippen LogP contribution >= 0.6 is 0 Å². The van der Waals surface area contributed by atoms with Crippen molar-refractivity contribution in [2.24, 2.45) is 5.92 Å². The van der Waals surface area contributed by atoms with Crippen LogP contribution in [0.15, 0.2) is 24.5 Å². The third kappa shape index (κ3) is 2.45. The molecule has 0 amide bonds. The van der Waals surface area contributed by atoms with Gasteiger partial charge in [0.2, 0.25) is 0 Å². The SMILES string of the molecule is CN1CCC(CNc2ccncc2)C1. The fraction of sp³-hybridized carbons (Fsp3) is 0.545. The average Bonchev–Trinajstić information content (AvgIpc) is 2.63. The fourth-order valence-electron chi connectivity index (χ4n) is 1.92. The molecule has 76 valence electrons. The zero-order valence-electron chi connectivity index (χ0n) is 8.61. The minimum atomic E-state index is 0.799. The van der Waals surface area contributed by atoms with Gasteiger partial charge in [-0.1, -0.05) is 0 Å². The van der Waals surface area contributed by atoms with Gasteiger partial charge in [-0.25, -0.2) is 0 Å². The van der Waals surface area contributed by atoms with Gasteiger partial charge < -0.3 is 10.2 Å². The summed E-state index contributed by atoms with van der Waals surface area (Å²) in [5.74, 6) is 0.799. The number of nitrogens with one attached hydrogen (secondary N) is 1. The van der Waals surface area contributed by atoms with Crippen LogP contribution < -0.4 is 5.32 Å². The lowest BCUT2D eigenvalue weighted by molar-refractivity contribution is 0.399. The van der Waals surface area contributed by atoms with Crippen molar-refractivity contribution >= 4 is 5.69 Å². The Kier molecular flexibility index (Phi) is 2.99. The molecule has 1 aromatic heterocycles. The van der Waals surface area contributed by atoms with Crippen LogP contribution in [-0.2, 0) is 0 Å². The summed E-state index contributed by atoms with van der Waals surface area (Å²) < 4.78 is 0. The van der Waals surface area contributed by atoms with E-state index in [1.54, 1.807) is 0 Å². The molecule has 14 heavy (non-hydrogen) atoms. The quantitative estimate of drug-likeness (QED) is 0.783. The van der Waals surface area contributed by atoms with Gasteiger partial charge in [0, 0.05) is 31.2 Å². The first-order valence-corrected chi connectivity index (χ1v) is 5.17. The van der Waals surface area contributed by atoms with Crippen LogP contribution in [0.1, 0.15) is 6.42 Å². The summed E-state index contributed by atoms with van der Waals surface area (Å²) in [6.07, 6.45) is 4.96. The van der Waals surface area contributed by atoms with Gasteiger partial charge in [0.25, 0.3) is 0 Å². The van der Waals surface area contributed by atoms with Gasteiger partial charge in [0.05, 0.1) is 0 Å². The van der Waals surface area contributed by atoms with E-state index < -0.39 is 0 Å². The van der Waals surface area contributed by atoms with Gasteiger partial charge in [-0.3, -0.25) is 4.98 Å². The van der Waals surface area contributed by atoms with E-state index in [1.807, 2.05) is 24.5 Å². The Bertz CT molecular complexity index is 273. The molecule has 0 saturated carbocycles. The van der Waals surface area contributed by atoms with E-state index in [4.69, 9.17) is 0 Å². The zero-order chi connectivity index (χ0) is 9.80. The van der Waals surface area contributed by atoms with Crippen molar-refractivity contribution in [1.29, 1.82) is 0 Å². The second-order valence-electron chi connectivity index (χ2n) is 4.03. The van der Waals surface area contributed by atoms with Crippen LogP contribution in [0.2, 0.25) is 0 Å². The molecule has 2 rings (SSSR count). The minimum Gasteiger partial charge on any atom is -0.385 e. The number of aromatic nitrogens is 1. The molecule has 1 aliphatic heterocycles. The summed E-state index contributed by atoms with van der Waals surface area (Å²) in [7, 11) is 2.19. The second kappa shape index (κ2) is 4.42. The van der Waals surface area contributed by atoms with Crippen LogP contribution in [0.4, 0.5) is 5.69 Å². The molecule has 2 heterocycles. The van der Waals surface area contributed by atoms with Crippen LogP contribution in [0.3, 0.4) is 0 Å². The summed E-state index contributed by atoms with van der Waals surface area (Å²) in [5, 5.41) is 3.44. The number of nitrogens with zero attached hydrogens (tertiary/aromatic N) is 2. The molecular formula is C11H17N3. The third-order valence-corrected chi connectivity index (χ3v) is 2.76. The van der Waals surface area contributed by atoms with Crippen LogP contribution in [0.5, 0.6) is 0 Å². The monoisotopic (exact) mass is 191 g/mol. The second-order valence-corrected chi connectivity index (χ2v) is 4.03. The summed E-state index contributed by atoms with van der Waals surface area (Å²) in [6.45, 7) is 3.54. The Labute approximate surface area is 85.1 Å². The summed E-state index contributed by atoms with van der Waals surface area (Å²) >= 11 is 0. The third-order valence-electron chi connectivity index (χ3n) is 2.76. The number of likely N-dealkylation sites (tertiary alicyclic amines) is 1. The van der Waals surface area contributed by atoms with Crippen LogP contribution in [-0.4, -0.2) is 36.6 Å². The van der Waals surface area contributed by atoms with E-state index in [1.165, 1.54) is 25.2 Å². The highest BCUT2D eigenvalue weighted by molar-refractivity contribution is 5.40. The van der Waals surface area contributed by atoms with Crippen LogP contribution in [0, 0.1) is 5.92 Å². The molecule has 3 heteroatoms. The van der Waals surface area contributed by atoms with Gasteiger partial charge in [-0.2, -0.15) is 0 Å². The molecule has 3 nitrogen and oxygen atoms in total.